The molecule has 4 atom stereocenters. The highest BCUT2D eigenvalue weighted by atomic mass is 16.1. The number of pyridine rings is 1. The van der Waals surface area contributed by atoms with Crippen LogP contribution in [0.3, 0.4) is 0 Å². The van der Waals surface area contributed by atoms with E-state index in [0.717, 1.165) is 17.5 Å². The number of nitrogens with one attached hydrogen (secondary N) is 1. The Morgan fingerprint density at radius 2 is 1.88 bits per heavy atom. The Kier molecular flexibility index (Phi) is 6.15. The van der Waals surface area contributed by atoms with Gasteiger partial charge < -0.3 is 0 Å². The van der Waals surface area contributed by atoms with Crippen LogP contribution in [-0.4, -0.2) is 20.5 Å². The molecule has 1 N–H and O–H groups in total. The first-order chi connectivity index (χ1) is 15.1. The number of nitrogens with zero attached hydrogens (tertiary/aromatic N) is 3. The zero-order chi connectivity index (χ0) is 23.1. The molecule has 0 aromatic carbocycles. The number of carbonyl (C=O) groups excluding carboxylic acids is 1. The second-order valence-electron chi connectivity index (χ2n) is 11.9. The van der Waals surface area contributed by atoms with E-state index < -0.39 is 0 Å². The fourth-order valence-electron chi connectivity index (χ4n) is 7.27. The molecule has 0 saturated heterocycles. The monoisotopic (exact) mass is 438 g/mol. The molecule has 2 aromatic rings. The molecule has 0 spiro atoms. The Morgan fingerprint density at radius 3 is 2.56 bits per heavy atom. The second-order valence-corrected chi connectivity index (χ2v) is 11.9. The van der Waals surface area contributed by atoms with Gasteiger partial charge in [0.2, 0.25) is 11.9 Å². The fourth-order valence-corrected chi connectivity index (χ4v) is 7.27. The van der Waals surface area contributed by atoms with Crippen molar-refractivity contribution in [2.45, 2.75) is 105 Å². The van der Waals surface area contributed by atoms with E-state index in [-0.39, 0.29) is 11.3 Å². The number of amides is 1. The van der Waals surface area contributed by atoms with Crippen LogP contribution in [0.2, 0.25) is 0 Å². The molecule has 0 aliphatic heterocycles. The van der Waals surface area contributed by atoms with Gasteiger partial charge in [0.05, 0.1) is 0 Å². The van der Waals surface area contributed by atoms with E-state index in [1.165, 1.54) is 70.3 Å². The van der Waals surface area contributed by atoms with Crippen molar-refractivity contribution in [3.8, 4) is 0 Å². The highest BCUT2D eigenvalue weighted by Gasteiger charge is 2.50. The maximum Gasteiger partial charge on any atom is 0.249 e. The fraction of sp³-hybridized carbons (Fsp3) is 0.741. The summed E-state index contributed by atoms with van der Waals surface area (Å²) >= 11 is 0. The van der Waals surface area contributed by atoms with Gasteiger partial charge in [-0.15, -0.1) is 5.10 Å². The first-order valence-corrected chi connectivity index (χ1v) is 12.7. The van der Waals surface area contributed by atoms with Crippen LogP contribution in [0, 0.1) is 22.7 Å². The summed E-state index contributed by atoms with van der Waals surface area (Å²) in [6.45, 7) is 13.9. The molecule has 4 rings (SSSR count). The van der Waals surface area contributed by atoms with Crippen LogP contribution >= 0.6 is 0 Å². The molecular weight excluding hydrogens is 396 g/mol. The number of carbonyl (C=O) groups is 1. The standard InChI is InChI=1S/C27H42N4O/c1-19(2)18-27-13-8-11-25(5,20(27)3)15-16-26(6,12-9-14-27)22-10-7-17-31-23(22)29-24(30-31)28-21(4)32/h7,10,17,19-20H,8-9,11-16,18H2,1-6H3,(H,28,30,32). The summed E-state index contributed by atoms with van der Waals surface area (Å²) in [6.07, 6.45) is 13.6. The largest absolute Gasteiger partial charge is 0.293 e. The Labute approximate surface area is 193 Å². The summed E-state index contributed by atoms with van der Waals surface area (Å²) < 4.78 is 1.83. The molecule has 5 nitrogen and oxygen atoms in total. The van der Waals surface area contributed by atoms with E-state index in [9.17, 15) is 4.79 Å². The van der Waals surface area contributed by atoms with Gasteiger partial charge in [0, 0.05) is 18.7 Å². The molecule has 4 unspecified atom stereocenters. The van der Waals surface area contributed by atoms with Crippen LogP contribution in [0.5, 0.6) is 0 Å². The van der Waals surface area contributed by atoms with E-state index in [1.54, 1.807) is 0 Å². The van der Waals surface area contributed by atoms with E-state index in [4.69, 9.17) is 4.98 Å². The number of anilines is 1. The van der Waals surface area contributed by atoms with Gasteiger partial charge in [-0.05, 0) is 79.1 Å². The third-order valence-corrected chi connectivity index (χ3v) is 9.15. The molecule has 2 aromatic heterocycles. The zero-order valence-electron chi connectivity index (χ0n) is 21.0. The van der Waals surface area contributed by atoms with E-state index >= 15 is 0 Å². The Morgan fingerprint density at radius 1 is 1.16 bits per heavy atom. The summed E-state index contributed by atoms with van der Waals surface area (Å²) in [6, 6.07) is 4.32. The average Bonchev–Trinajstić information content (AvgIpc) is 3.11. The SMILES string of the molecule is CC(=O)Nc1nc2c(C3(C)CCCC4(CC(C)C)CCCC(C)(CC3)C4C)cccn2n1. The Balaban J connectivity index is 1.71. The highest BCUT2D eigenvalue weighted by molar-refractivity contribution is 5.86. The van der Waals surface area contributed by atoms with Crippen LogP contribution in [-0.2, 0) is 10.2 Å². The molecule has 2 fully saturated rings. The molecule has 1 amide bonds. The highest BCUT2D eigenvalue weighted by Crippen LogP contribution is 2.60. The van der Waals surface area contributed by atoms with Crippen LogP contribution in [0.1, 0.15) is 105 Å². The van der Waals surface area contributed by atoms with Crippen molar-refractivity contribution in [1.29, 1.82) is 0 Å². The van der Waals surface area contributed by atoms with Crippen LogP contribution in [0.25, 0.3) is 5.65 Å². The minimum absolute atomic E-state index is 0.0578. The molecule has 32 heavy (non-hydrogen) atoms. The predicted molar refractivity (Wildman–Crippen MR) is 131 cm³/mol. The summed E-state index contributed by atoms with van der Waals surface area (Å²) in [7, 11) is 0. The van der Waals surface area contributed by atoms with Crippen LogP contribution < -0.4 is 5.32 Å². The number of hydrogen-bond acceptors (Lipinski definition) is 3. The molecule has 176 valence electrons. The molecule has 2 saturated carbocycles. The van der Waals surface area contributed by atoms with Gasteiger partial charge in [0.1, 0.15) is 0 Å². The topological polar surface area (TPSA) is 59.3 Å². The minimum Gasteiger partial charge on any atom is -0.293 e. The number of aromatic nitrogens is 3. The molecule has 0 radical (unpaired) electrons. The van der Waals surface area contributed by atoms with Gasteiger partial charge in [0.25, 0.3) is 0 Å². The third-order valence-electron chi connectivity index (χ3n) is 9.15. The molecule has 2 heterocycles. The Bertz CT molecular complexity index is 981. The first-order valence-electron chi connectivity index (χ1n) is 12.7. The van der Waals surface area contributed by atoms with Gasteiger partial charge in [-0.3, -0.25) is 10.1 Å². The van der Waals surface area contributed by atoms with Gasteiger partial charge in [-0.2, -0.15) is 4.98 Å². The van der Waals surface area contributed by atoms with Gasteiger partial charge in [-0.25, -0.2) is 4.52 Å². The van der Waals surface area contributed by atoms with Crippen molar-refractivity contribution < 1.29 is 4.79 Å². The first kappa shape index (κ1) is 23.3. The summed E-state index contributed by atoms with van der Waals surface area (Å²) in [5.41, 5.74) is 3.11. The lowest BCUT2D eigenvalue weighted by molar-refractivity contribution is -0.114. The molecule has 2 bridgehead atoms. The maximum absolute atomic E-state index is 11.5. The number of hydrogen-bond donors (Lipinski definition) is 1. The van der Waals surface area contributed by atoms with Crippen molar-refractivity contribution in [1.82, 2.24) is 14.6 Å². The zero-order valence-corrected chi connectivity index (χ0v) is 21.0. The van der Waals surface area contributed by atoms with E-state index in [2.05, 4.69) is 57.2 Å². The van der Waals surface area contributed by atoms with E-state index in [1.807, 2.05) is 10.7 Å². The quantitative estimate of drug-likeness (QED) is 0.573. The maximum atomic E-state index is 11.5. The molecular formula is C27H42N4O. The lowest BCUT2D eigenvalue weighted by atomic mass is 9.51. The molecule has 2 aliphatic carbocycles. The Hall–Kier alpha value is -1.91. The van der Waals surface area contributed by atoms with Crippen molar-refractivity contribution >= 4 is 17.5 Å². The predicted octanol–water partition coefficient (Wildman–Crippen LogP) is 6.77. The van der Waals surface area contributed by atoms with Crippen molar-refractivity contribution in [3.63, 3.8) is 0 Å². The van der Waals surface area contributed by atoms with Crippen molar-refractivity contribution in [2.24, 2.45) is 22.7 Å². The lowest BCUT2D eigenvalue weighted by Crippen LogP contribution is -2.44. The summed E-state index contributed by atoms with van der Waals surface area (Å²) in [4.78, 5) is 16.3. The molecule has 5 heteroatoms. The van der Waals surface area contributed by atoms with Gasteiger partial charge in [-0.1, -0.05) is 53.5 Å². The second kappa shape index (κ2) is 8.46. The van der Waals surface area contributed by atoms with Crippen LogP contribution in [0.4, 0.5) is 5.95 Å². The van der Waals surface area contributed by atoms with E-state index in [0.29, 0.717) is 16.8 Å². The average molecular weight is 439 g/mol. The summed E-state index contributed by atoms with van der Waals surface area (Å²) in [5, 5.41) is 7.25. The normalized spacial score (nSPS) is 33.5. The van der Waals surface area contributed by atoms with Crippen molar-refractivity contribution in [2.75, 3.05) is 5.32 Å². The summed E-state index contributed by atoms with van der Waals surface area (Å²) in [5.74, 6) is 1.78. The van der Waals surface area contributed by atoms with Gasteiger partial charge >= 0.3 is 0 Å². The third kappa shape index (κ3) is 4.20. The van der Waals surface area contributed by atoms with Gasteiger partial charge in [0.15, 0.2) is 5.65 Å². The lowest BCUT2D eigenvalue weighted by Gasteiger charge is -2.54. The smallest absolute Gasteiger partial charge is 0.249 e. The molecule has 2 aliphatic rings. The van der Waals surface area contributed by atoms with Crippen molar-refractivity contribution in [3.05, 3.63) is 23.9 Å². The van der Waals surface area contributed by atoms with Crippen LogP contribution in [0.15, 0.2) is 18.3 Å². The number of fused-ring (bicyclic) bond motifs is 3. The minimum atomic E-state index is -0.138. The number of rotatable bonds is 4.